The van der Waals surface area contributed by atoms with Crippen molar-refractivity contribution in [1.82, 2.24) is 4.98 Å². The Morgan fingerprint density at radius 1 is 0.947 bits per heavy atom. The van der Waals surface area contributed by atoms with E-state index in [1.165, 1.54) is 31.3 Å². The Morgan fingerprint density at radius 2 is 1.63 bits per heavy atom. The number of anilines is 1. The zero-order valence-electron chi connectivity index (χ0n) is 21.2. The van der Waals surface area contributed by atoms with Gasteiger partial charge in [0.2, 0.25) is 0 Å². The number of halogens is 1. The number of carbonyl (C=O) groups excluding carboxylic acids is 2. The standard InChI is InChI=1S/C29H25ClN2O6/c1-15-24(18-7-5-6-8-21(18)31-15)26-25(27(33)19-13-23(38-4)20(30)14-22(19)37-3)28(34)29(35)32(26)16-9-11-17(36-2)12-10-16/h5-14,26,31,33H,1-4H3/b27-25+. The number of aromatic amines is 1. The number of aliphatic hydroxyl groups excluding tert-OH is 1. The van der Waals surface area contributed by atoms with E-state index in [-0.39, 0.29) is 27.7 Å². The van der Waals surface area contributed by atoms with Crippen molar-refractivity contribution >= 4 is 45.6 Å². The van der Waals surface area contributed by atoms with E-state index in [1.807, 2.05) is 31.2 Å². The molecular weight excluding hydrogens is 508 g/mol. The Kier molecular flexibility index (Phi) is 6.50. The summed E-state index contributed by atoms with van der Waals surface area (Å²) in [6.45, 7) is 1.87. The minimum Gasteiger partial charge on any atom is -0.507 e. The first-order valence-electron chi connectivity index (χ1n) is 11.7. The van der Waals surface area contributed by atoms with Gasteiger partial charge >= 0.3 is 0 Å². The minimum absolute atomic E-state index is 0.0821. The minimum atomic E-state index is -0.939. The lowest BCUT2D eigenvalue weighted by atomic mass is 9.93. The summed E-state index contributed by atoms with van der Waals surface area (Å²) in [5.74, 6) is -0.907. The van der Waals surface area contributed by atoms with Crippen molar-refractivity contribution in [1.29, 1.82) is 0 Å². The Morgan fingerprint density at radius 3 is 2.29 bits per heavy atom. The van der Waals surface area contributed by atoms with Crippen LogP contribution in [-0.2, 0) is 9.59 Å². The number of carbonyl (C=O) groups is 2. The van der Waals surface area contributed by atoms with Gasteiger partial charge in [-0.25, -0.2) is 0 Å². The maximum absolute atomic E-state index is 13.7. The lowest BCUT2D eigenvalue weighted by Crippen LogP contribution is -2.29. The molecular formula is C29H25ClN2O6. The predicted molar refractivity (Wildman–Crippen MR) is 145 cm³/mol. The molecule has 0 radical (unpaired) electrons. The van der Waals surface area contributed by atoms with Crippen LogP contribution in [0.25, 0.3) is 16.7 Å². The summed E-state index contributed by atoms with van der Waals surface area (Å²) < 4.78 is 16.1. The Bertz CT molecular complexity index is 1610. The number of aryl methyl sites for hydroxylation is 1. The van der Waals surface area contributed by atoms with E-state index in [1.54, 1.807) is 31.4 Å². The molecule has 194 valence electrons. The molecule has 1 unspecified atom stereocenters. The summed E-state index contributed by atoms with van der Waals surface area (Å²) in [5.41, 5.74) is 2.85. The average molecular weight is 533 g/mol. The Balaban J connectivity index is 1.82. The molecule has 38 heavy (non-hydrogen) atoms. The number of ketones is 1. The summed E-state index contributed by atoms with van der Waals surface area (Å²) in [4.78, 5) is 32.0. The largest absolute Gasteiger partial charge is 0.507 e. The average Bonchev–Trinajstić information content (AvgIpc) is 3.39. The van der Waals surface area contributed by atoms with Crippen molar-refractivity contribution in [2.24, 2.45) is 0 Å². The van der Waals surface area contributed by atoms with Gasteiger partial charge in [-0.3, -0.25) is 14.5 Å². The van der Waals surface area contributed by atoms with E-state index in [4.69, 9.17) is 25.8 Å². The summed E-state index contributed by atoms with van der Waals surface area (Å²) in [6.07, 6.45) is 0. The number of Topliss-reactive ketones (excluding diaryl/α,β-unsaturated/α-hetero) is 1. The molecule has 1 saturated heterocycles. The van der Waals surface area contributed by atoms with Gasteiger partial charge in [0.1, 0.15) is 23.0 Å². The number of rotatable bonds is 6. The van der Waals surface area contributed by atoms with Crippen molar-refractivity contribution in [3.05, 3.63) is 88.1 Å². The van der Waals surface area contributed by atoms with Crippen LogP contribution in [-0.4, -0.2) is 43.1 Å². The van der Waals surface area contributed by atoms with Crippen LogP contribution in [0.2, 0.25) is 5.02 Å². The molecule has 1 aliphatic rings. The maximum atomic E-state index is 13.7. The first kappa shape index (κ1) is 25.2. The summed E-state index contributed by atoms with van der Waals surface area (Å²) in [6, 6.07) is 16.5. The molecule has 0 spiro atoms. The van der Waals surface area contributed by atoms with Gasteiger partial charge in [0, 0.05) is 33.9 Å². The summed E-state index contributed by atoms with van der Waals surface area (Å²) >= 11 is 6.27. The molecule has 1 aliphatic heterocycles. The smallest absolute Gasteiger partial charge is 0.300 e. The number of ether oxygens (including phenoxy) is 3. The highest BCUT2D eigenvalue weighted by Crippen LogP contribution is 2.47. The number of hydrogen-bond acceptors (Lipinski definition) is 6. The normalized spacial score (nSPS) is 16.8. The SMILES string of the molecule is COc1ccc(N2C(=O)C(=O)/C(=C(/O)c3cc(OC)c(Cl)cc3OC)C2c2c(C)[nH]c3ccccc23)cc1. The zero-order chi connectivity index (χ0) is 27.1. The van der Waals surface area contributed by atoms with Crippen molar-refractivity contribution in [2.45, 2.75) is 13.0 Å². The second kappa shape index (κ2) is 9.79. The van der Waals surface area contributed by atoms with Gasteiger partial charge in [0.15, 0.2) is 0 Å². The van der Waals surface area contributed by atoms with Crippen LogP contribution >= 0.6 is 11.6 Å². The van der Waals surface area contributed by atoms with Crippen molar-refractivity contribution in [2.75, 3.05) is 26.2 Å². The van der Waals surface area contributed by atoms with Crippen LogP contribution in [0.5, 0.6) is 17.2 Å². The zero-order valence-corrected chi connectivity index (χ0v) is 21.9. The molecule has 1 fully saturated rings. The van der Waals surface area contributed by atoms with Crippen molar-refractivity contribution < 1.29 is 28.9 Å². The highest BCUT2D eigenvalue weighted by atomic mass is 35.5. The third-order valence-corrected chi connectivity index (χ3v) is 7.04. The van der Waals surface area contributed by atoms with E-state index in [0.29, 0.717) is 17.0 Å². The number of methoxy groups -OCH3 is 3. The van der Waals surface area contributed by atoms with Crippen LogP contribution in [0.4, 0.5) is 5.69 Å². The molecule has 5 rings (SSSR count). The Labute approximate surface area is 224 Å². The molecule has 2 N–H and O–H groups in total. The van der Waals surface area contributed by atoms with E-state index in [0.717, 1.165) is 16.6 Å². The fourth-order valence-corrected chi connectivity index (χ4v) is 5.19. The van der Waals surface area contributed by atoms with Crippen LogP contribution in [0.3, 0.4) is 0 Å². The quantitative estimate of drug-likeness (QED) is 0.185. The first-order valence-corrected chi connectivity index (χ1v) is 12.1. The van der Waals surface area contributed by atoms with Gasteiger partial charge in [-0.1, -0.05) is 29.8 Å². The van der Waals surface area contributed by atoms with Crippen molar-refractivity contribution in [3.63, 3.8) is 0 Å². The fraction of sp³-hybridized carbons (Fsp3) is 0.172. The Hall–Kier alpha value is -4.43. The molecule has 1 aromatic heterocycles. The molecule has 3 aromatic carbocycles. The maximum Gasteiger partial charge on any atom is 0.300 e. The molecule has 4 aromatic rings. The monoisotopic (exact) mass is 532 g/mol. The lowest BCUT2D eigenvalue weighted by molar-refractivity contribution is -0.132. The molecule has 8 nitrogen and oxygen atoms in total. The van der Waals surface area contributed by atoms with Crippen molar-refractivity contribution in [3.8, 4) is 17.2 Å². The number of benzene rings is 3. The number of aromatic nitrogens is 1. The number of nitrogens with zero attached hydrogens (tertiary/aromatic N) is 1. The number of nitrogens with one attached hydrogen (secondary N) is 1. The molecule has 0 aliphatic carbocycles. The molecule has 0 saturated carbocycles. The first-order chi connectivity index (χ1) is 18.3. The van der Waals surface area contributed by atoms with Gasteiger partial charge in [-0.2, -0.15) is 0 Å². The predicted octanol–water partition coefficient (Wildman–Crippen LogP) is 5.78. The molecule has 1 amide bonds. The van der Waals surface area contributed by atoms with Crippen LogP contribution < -0.4 is 19.1 Å². The third kappa shape index (κ3) is 3.94. The highest BCUT2D eigenvalue weighted by Gasteiger charge is 2.48. The number of amides is 1. The lowest BCUT2D eigenvalue weighted by Gasteiger charge is -2.26. The molecule has 1 atom stereocenters. The third-order valence-electron chi connectivity index (χ3n) is 6.74. The molecule has 2 heterocycles. The van der Waals surface area contributed by atoms with Gasteiger partial charge < -0.3 is 24.3 Å². The van der Waals surface area contributed by atoms with Crippen LogP contribution in [0.1, 0.15) is 22.9 Å². The second-order valence-electron chi connectivity index (χ2n) is 8.76. The number of H-pyrrole nitrogens is 1. The van der Waals surface area contributed by atoms with Gasteiger partial charge in [-0.05, 0) is 43.3 Å². The summed E-state index contributed by atoms with van der Waals surface area (Å²) in [5, 5.41) is 12.8. The van der Waals surface area contributed by atoms with E-state index in [2.05, 4.69) is 4.98 Å². The van der Waals surface area contributed by atoms with Gasteiger partial charge in [-0.15, -0.1) is 0 Å². The number of para-hydroxylation sites is 1. The van der Waals surface area contributed by atoms with E-state index in [9.17, 15) is 14.7 Å². The number of aliphatic hydroxyl groups is 1. The van der Waals surface area contributed by atoms with Crippen LogP contribution in [0, 0.1) is 6.92 Å². The number of fused-ring (bicyclic) bond motifs is 1. The second-order valence-corrected chi connectivity index (χ2v) is 9.17. The fourth-order valence-electron chi connectivity index (χ4n) is 4.96. The van der Waals surface area contributed by atoms with E-state index < -0.39 is 23.5 Å². The highest BCUT2D eigenvalue weighted by molar-refractivity contribution is 6.52. The molecule has 9 heteroatoms. The van der Waals surface area contributed by atoms with E-state index >= 15 is 0 Å². The van der Waals surface area contributed by atoms with Gasteiger partial charge in [0.05, 0.1) is 43.5 Å². The molecule has 0 bridgehead atoms. The van der Waals surface area contributed by atoms with Crippen LogP contribution in [0.15, 0.2) is 66.2 Å². The summed E-state index contributed by atoms with van der Waals surface area (Å²) in [7, 11) is 4.41. The topological polar surface area (TPSA) is 101 Å². The van der Waals surface area contributed by atoms with Gasteiger partial charge in [0.25, 0.3) is 11.7 Å². The number of hydrogen-bond donors (Lipinski definition) is 2.